The molecule has 0 aliphatic rings. The highest BCUT2D eigenvalue weighted by Gasteiger charge is 2.13. The molecule has 12 heteroatoms. The van der Waals surface area contributed by atoms with E-state index in [2.05, 4.69) is 31.0 Å². The van der Waals surface area contributed by atoms with Gasteiger partial charge in [-0.2, -0.15) is 0 Å². The van der Waals surface area contributed by atoms with Gasteiger partial charge < -0.3 is 0 Å². The Bertz CT molecular complexity index is 843. The van der Waals surface area contributed by atoms with Gasteiger partial charge in [0.05, 0.1) is 10.6 Å². The monoisotopic (exact) mass is 398 g/mol. The lowest BCUT2D eigenvalue weighted by Crippen LogP contribution is -2.13. The van der Waals surface area contributed by atoms with Gasteiger partial charge in [-0.05, 0) is 18.4 Å². The number of aromatic nitrogens is 4. The zero-order valence-corrected chi connectivity index (χ0v) is 15.4. The van der Waals surface area contributed by atoms with Crippen LogP contribution in [0.5, 0.6) is 0 Å². The van der Waals surface area contributed by atoms with E-state index in [1.165, 1.54) is 45.8 Å². The summed E-state index contributed by atoms with van der Waals surface area (Å²) in [7, 11) is 0. The zero-order valence-electron chi connectivity index (χ0n) is 12.2. The summed E-state index contributed by atoms with van der Waals surface area (Å²) in [6, 6.07) is 3.54. The Morgan fingerprint density at radius 1 is 1.12 bits per heavy atom. The number of thiophene rings is 1. The number of hydrogen-bond acceptors (Lipinski definition) is 10. The molecule has 0 saturated carbocycles. The Labute approximate surface area is 152 Å². The first-order valence-corrected chi connectivity index (χ1v) is 10.0. The average Bonchev–Trinajstić information content (AvgIpc) is 3.27. The van der Waals surface area contributed by atoms with Crippen molar-refractivity contribution >= 4 is 67.8 Å². The van der Waals surface area contributed by atoms with Gasteiger partial charge in [0.2, 0.25) is 16.2 Å². The van der Waals surface area contributed by atoms with Crippen LogP contribution < -0.4 is 10.6 Å². The fraction of sp³-hybridized carbons (Fsp3) is 0.167. The van der Waals surface area contributed by atoms with Crippen molar-refractivity contribution in [1.82, 2.24) is 20.4 Å². The minimum absolute atomic E-state index is 0.173. The maximum absolute atomic E-state index is 11.9. The smallest absolute Gasteiger partial charge is 0.267 e. The van der Waals surface area contributed by atoms with Crippen LogP contribution in [0.4, 0.5) is 10.3 Å². The number of nitrogens with one attached hydrogen (secondary N) is 2. The first kappa shape index (κ1) is 17.0. The van der Waals surface area contributed by atoms with Crippen LogP contribution in [0.2, 0.25) is 0 Å². The molecule has 8 nitrogen and oxygen atoms in total. The van der Waals surface area contributed by atoms with Crippen LogP contribution in [0.15, 0.2) is 21.9 Å². The van der Waals surface area contributed by atoms with Gasteiger partial charge in [0.1, 0.15) is 5.01 Å². The van der Waals surface area contributed by atoms with E-state index in [-0.39, 0.29) is 17.6 Å². The summed E-state index contributed by atoms with van der Waals surface area (Å²) in [4.78, 5) is 24.3. The molecule has 0 aromatic carbocycles. The summed E-state index contributed by atoms with van der Waals surface area (Å²) in [5.41, 5.74) is 0. The Hall–Kier alpha value is -1.89. The van der Waals surface area contributed by atoms with E-state index in [0.29, 0.717) is 19.5 Å². The van der Waals surface area contributed by atoms with Gasteiger partial charge in [0.15, 0.2) is 4.34 Å². The molecule has 0 aliphatic carbocycles. The molecule has 3 aromatic rings. The third-order valence-electron chi connectivity index (χ3n) is 2.47. The van der Waals surface area contributed by atoms with E-state index in [1.807, 2.05) is 12.3 Å². The minimum Gasteiger partial charge on any atom is -0.300 e. The molecule has 0 spiro atoms. The van der Waals surface area contributed by atoms with Crippen molar-refractivity contribution in [2.75, 3.05) is 16.4 Å². The van der Waals surface area contributed by atoms with Crippen molar-refractivity contribution in [3.63, 3.8) is 0 Å². The summed E-state index contributed by atoms with van der Waals surface area (Å²) in [6.07, 6.45) is 0. The maximum Gasteiger partial charge on any atom is 0.267 e. The van der Waals surface area contributed by atoms with Crippen LogP contribution in [-0.2, 0) is 4.79 Å². The van der Waals surface area contributed by atoms with Crippen molar-refractivity contribution < 1.29 is 9.59 Å². The maximum atomic E-state index is 11.9. The summed E-state index contributed by atoms with van der Waals surface area (Å²) >= 11 is 5.12. The predicted octanol–water partition coefficient (Wildman–Crippen LogP) is 2.74. The fourth-order valence-electron chi connectivity index (χ4n) is 1.51. The first-order chi connectivity index (χ1) is 11.6. The zero-order chi connectivity index (χ0) is 16.9. The highest BCUT2D eigenvalue weighted by Crippen LogP contribution is 2.26. The molecule has 124 valence electrons. The quantitative estimate of drug-likeness (QED) is 0.485. The second-order valence-corrected chi connectivity index (χ2v) is 8.60. The Morgan fingerprint density at radius 2 is 1.92 bits per heavy atom. The molecular weight excluding hydrogens is 388 g/mol. The van der Waals surface area contributed by atoms with Crippen molar-refractivity contribution in [2.45, 2.75) is 11.3 Å². The summed E-state index contributed by atoms with van der Waals surface area (Å²) in [6.45, 7) is 1.81. The molecule has 2 N–H and O–H groups in total. The van der Waals surface area contributed by atoms with Crippen LogP contribution in [0.25, 0.3) is 0 Å². The van der Waals surface area contributed by atoms with Crippen molar-refractivity contribution in [3.8, 4) is 0 Å². The van der Waals surface area contributed by atoms with Crippen LogP contribution in [-0.4, -0.2) is 38.0 Å². The second kappa shape index (κ2) is 7.79. The highest BCUT2D eigenvalue weighted by atomic mass is 32.2. The standard InChI is InChI=1S/C12H10N6O2S4/c1-6-15-16-10(23-6)13-8(19)5-22-12-18-17-11(24-12)14-9(20)7-3-2-4-21-7/h2-4H,5H2,1H3,(H,13,16,19)(H,14,17,20). The Morgan fingerprint density at radius 3 is 2.62 bits per heavy atom. The fourth-order valence-corrected chi connectivity index (χ4v) is 4.29. The molecule has 0 saturated heterocycles. The van der Waals surface area contributed by atoms with Gasteiger partial charge in [-0.1, -0.05) is 40.5 Å². The van der Waals surface area contributed by atoms with Gasteiger partial charge in [0, 0.05) is 0 Å². The first-order valence-electron chi connectivity index (χ1n) is 6.51. The molecule has 3 aromatic heterocycles. The SMILES string of the molecule is Cc1nnc(NC(=O)CSc2nnc(NC(=O)c3cccs3)s2)s1. The van der Waals surface area contributed by atoms with Crippen molar-refractivity contribution in [3.05, 3.63) is 27.4 Å². The largest absolute Gasteiger partial charge is 0.300 e. The van der Waals surface area contributed by atoms with Crippen LogP contribution in [0, 0.1) is 6.92 Å². The molecule has 24 heavy (non-hydrogen) atoms. The molecule has 3 rings (SSSR count). The number of amides is 2. The minimum atomic E-state index is -0.220. The van der Waals surface area contributed by atoms with E-state index < -0.39 is 0 Å². The second-order valence-electron chi connectivity index (χ2n) is 4.27. The van der Waals surface area contributed by atoms with Gasteiger partial charge in [-0.25, -0.2) is 0 Å². The number of anilines is 2. The Balaban J connectivity index is 1.49. The molecular formula is C12H10N6O2S4. The predicted molar refractivity (Wildman–Crippen MR) is 96.2 cm³/mol. The average molecular weight is 399 g/mol. The van der Waals surface area contributed by atoms with Gasteiger partial charge in [-0.3, -0.25) is 20.2 Å². The summed E-state index contributed by atoms with van der Waals surface area (Å²) < 4.78 is 0.597. The molecule has 2 amide bonds. The van der Waals surface area contributed by atoms with Gasteiger partial charge in [0.25, 0.3) is 5.91 Å². The number of thioether (sulfide) groups is 1. The molecule has 0 aliphatic heterocycles. The molecule has 0 atom stereocenters. The van der Waals surface area contributed by atoms with Crippen LogP contribution in [0.3, 0.4) is 0 Å². The number of carbonyl (C=O) groups is 2. The summed E-state index contributed by atoms with van der Waals surface area (Å²) in [5, 5.41) is 24.3. The topological polar surface area (TPSA) is 110 Å². The number of carbonyl (C=O) groups excluding carboxylic acids is 2. The van der Waals surface area contributed by atoms with Gasteiger partial charge in [-0.15, -0.1) is 31.7 Å². The van der Waals surface area contributed by atoms with Gasteiger partial charge >= 0.3 is 0 Å². The highest BCUT2D eigenvalue weighted by molar-refractivity contribution is 8.01. The van der Waals surface area contributed by atoms with E-state index in [4.69, 9.17) is 0 Å². The normalized spacial score (nSPS) is 10.5. The molecule has 0 fully saturated rings. The lowest BCUT2D eigenvalue weighted by atomic mass is 10.4. The van der Waals surface area contributed by atoms with E-state index in [9.17, 15) is 9.59 Å². The van der Waals surface area contributed by atoms with E-state index in [1.54, 1.807) is 12.1 Å². The van der Waals surface area contributed by atoms with Crippen LogP contribution in [0.1, 0.15) is 14.7 Å². The Kier molecular flexibility index (Phi) is 5.50. The molecule has 0 unspecified atom stereocenters. The number of rotatable bonds is 6. The lowest BCUT2D eigenvalue weighted by molar-refractivity contribution is -0.113. The number of aryl methyl sites for hydroxylation is 1. The van der Waals surface area contributed by atoms with Crippen molar-refractivity contribution in [2.24, 2.45) is 0 Å². The third kappa shape index (κ3) is 4.56. The molecule has 3 heterocycles. The summed E-state index contributed by atoms with van der Waals surface area (Å²) in [5.74, 6) is -0.246. The number of nitrogens with zero attached hydrogens (tertiary/aromatic N) is 4. The van der Waals surface area contributed by atoms with E-state index >= 15 is 0 Å². The lowest BCUT2D eigenvalue weighted by Gasteiger charge is -1.98. The van der Waals surface area contributed by atoms with Crippen molar-refractivity contribution in [1.29, 1.82) is 0 Å². The van der Waals surface area contributed by atoms with Crippen LogP contribution >= 0.6 is 45.8 Å². The number of hydrogen-bond donors (Lipinski definition) is 2. The third-order valence-corrected chi connectivity index (χ3v) is 6.07. The molecule has 0 radical (unpaired) electrons. The molecule has 0 bridgehead atoms. The van der Waals surface area contributed by atoms with E-state index in [0.717, 1.165) is 5.01 Å².